The molecule has 0 spiro atoms. The van der Waals surface area contributed by atoms with Crippen molar-refractivity contribution in [3.05, 3.63) is 65.8 Å². The average Bonchev–Trinajstić information content (AvgIpc) is 3.24. The van der Waals surface area contributed by atoms with Gasteiger partial charge < -0.3 is 14.4 Å². The molecule has 36 heavy (non-hydrogen) atoms. The second-order valence-electron chi connectivity index (χ2n) is 9.68. The first-order valence-electron chi connectivity index (χ1n) is 11.8. The van der Waals surface area contributed by atoms with Gasteiger partial charge >= 0.3 is 6.09 Å². The fraction of sp³-hybridized carbons (Fsp3) is 0.370. The molecule has 4 rings (SSSR count). The number of hydrogen-bond acceptors (Lipinski definition) is 6. The van der Waals surface area contributed by atoms with Crippen molar-refractivity contribution in [3.8, 4) is 22.9 Å². The number of Topliss-reactive ketones (excluding diaryl/α,β-unsaturated/α-hetero) is 1. The first kappa shape index (κ1) is 24.9. The molecular weight excluding hydrogens is 458 g/mol. The van der Waals surface area contributed by atoms with Gasteiger partial charge in [-0.25, -0.2) is 14.6 Å². The van der Waals surface area contributed by atoms with E-state index in [1.807, 2.05) is 32.9 Å². The van der Waals surface area contributed by atoms with E-state index in [1.165, 1.54) is 6.92 Å². The van der Waals surface area contributed by atoms with Gasteiger partial charge in [0.25, 0.3) is 0 Å². The van der Waals surface area contributed by atoms with Gasteiger partial charge in [0, 0.05) is 25.4 Å². The van der Waals surface area contributed by atoms with Crippen LogP contribution in [0, 0.1) is 6.57 Å². The van der Waals surface area contributed by atoms with Crippen LogP contribution in [0.5, 0.6) is 11.6 Å². The Kier molecular flexibility index (Phi) is 7.06. The second kappa shape index (κ2) is 10.2. The number of pyridine rings is 1. The molecule has 0 aliphatic carbocycles. The molecule has 1 amide bonds. The summed E-state index contributed by atoms with van der Waals surface area (Å²) in [6.07, 6.45) is 2.73. The smallest absolute Gasteiger partial charge is 0.410 e. The summed E-state index contributed by atoms with van der Waals surface area (Å²) in [7, 11) is 0. The van der Waals surface area contributed by atoms with E-state index in [2.05, 4.69) is 9.83 Å². The van der Waals surface area contributed by atoms with Crippen LogP contribution in [0.15, 0.2) is 48.7 Å². The Morgan fingerprint density at radius 2 is 1.89 bits per heavy atom. The third-order valence-electron chi connectivity index (χ3n) is 5.71. The molecular formula is C27H29N5O4. The Balaban J connectivity index is 1.63. The first-order valence-corrected chi connectivity index (χ1v) is 11.8. The summed E-state index contributed by atoms with van der Waals surface area (Å²) in [6, 6.07) is 12.3. The van der Waals surface area contributed by atoms with E-state index in [0.717, 1.165) is 12.8 Å². The van der Waals surface area contributed by atoms with Crippen molar-refractivity contribution in [1.82, 2.24) is 19.7 Å². The highest BCUT2D eigenvalue weighted by Gasteiger charge is 2.32. The van der Waals surface area contributed by atoms with Gasteiger partial charge in [-0.2, -0.15) is 5.10 Å². The van der Waals surface area contributed by atoms with Gasteiger partial charge in [-0.05, 0) is 64.3 Å². The Labute approximate surface area is 210 Å². The molecule has 3 heterocycles. The lowest BCUT2D eigenvalue weighted by Gasteiger charge is -2.34. The molecule has 0 saturated carbocycles. The van der Waals surface area contributed by atoms with Crippen LogP contribution in [0.25, 0.3) is 16.1 Å². The third-order valence-corrected chi connectivity index (χ3v) is 5.71. The van der Waals surface area contributed by atoms with Crippen molar-refractivity contribution in [1.29, 1.82) is 0 Å². The van der Waals surface area contributed by atoms with Crippen LogP contribution in [-0.4, -0.2) is 50.2 Å². The van der Waals surface area contributed by atoms with E-state index in [4.69, 9.17) is 21.1 Å². The number of rotatable bonds is 5. The summed E-state index contributed by atoms with van der Waals surface area (Å²) in [5, 5.41) is 4.73. The Morgan fingerprint density at radius 3 is 2.50 bits per heavy atom. The number of likely N-dealkylation sites (tertiary alicyclic amines) is 1. The standard InChI is InChI=1S/C27H29N5O4/c1-18(33)25-24(28-5)23(19-11-13-21(14-12-19)35-22-10-6-7-15-29-22)30-32(25)20-9-8-16-31(17-20)26(34)36-27(2,3)4/h6-7,10-15,20H,8-9,16-17H2,1-4H3/t20-/m1/s1. The molecule has 0 bridgehead atoms. The molecule has 186 valence electrons. The molecule has 0 unspecified atom stereocenters. The summed E-state index contributed by atoms with van der Waals surface area (Å²) in [5.74, 6) is 0.819. The van der Waals surface area contributed by atoms with E-state index in [-0.39, 0.29) is 23.2 Å². The zero-order chi connectivity index (χ0) is 25.9. The summed E-state index contributed by atoms with van der Waals surface area (Å²) in [5.41, 5.74) is 0.974. The summed E-state index contributed by atoms with van der Waals surface area (Å²) < 4.78 is 12.9. The third kappa shape index (κ3) is 5.54. The summed E-state index contributed by atoms with van der Waals surface area (Å²) in [6.45, 7) is 15.6. The number of nitrogens with zero attached hydrogens (tertiary/aromatic N) is 5. The normalized spacial score (nSPS) is 15.8. The minimum atomic E-state index is -0.600. The molecule has 1 aliphatic rings. The predicted octanol–water partition coefficient (Wildman–Crippen LogP) is 6.06. The van der Waals surface area contributed by atoms with Crippen LogP contribution in [-0.2, 0) is 4.74 Å². The van der Waals surface area contributed by atoms with Gasteiger partial charge in [-0.1, -0.05) is 18.2 Å². The van der Waals surface area contributed by atoms with Crippen LogP contribution in [0.1, 0.15) is 57.1 Å². The molecule has 1 fully saturated rings. The van der Waals surface area contributed by atoms with E-state index in [9.17, 15) is 9.59 Å². The number of aromatic nitrogens is 3. The Bertz CT molecular complexity index is 1290. The van der Waals surface area contributed by atoms with Crippen molar-refractivity contribution >= 4 is 17.6 Å². The molecule has 1 aromatic carbocycles. The van der Waals surface area contributed by atoms with Crippen LogP contribution < -0.4 is 4.74 Å². The van der Waals surface area contributed by atoms with E-state index in [0.29, 0.717) is 36.0 Å². The average molecular weight is 488 g/mol. The fourth-order valence-corrected chi connectivity index (χ4v) is 4.17. The minimum Gasteiger partial charge on any atom is -0.444 e. The number of ketones is 1. The fourth-order valence-electron chi connectivity index (χ4n) is 4.17. The molecule has 1 aliphatic heterocycles. The van der Waals surface area contributed by atoms with Gasteiger partial charge in [0.15, 0.2) is 5.78 Å². The van der Waals surface area contributed by atoms with Gasteiger partial charge in [0.1, 0.15) is 17.0 Å². The van der Waals surface area contributed by atoms with Crippen molar-refractivity contribution in [3.63, 3.8) is 0 Å². The molecule has 3 aromatic rings. The zero-order valence-electron chi connectivity index (χ0n) is 20.9. The van der Waals surface area contributed by atoms with Gasteiger partial charge in [-0.15, -0.1) is 0 Å². The van der Waals surface area contributed by atoms with E-state index >= 15 is 0 Å². The number of carbonyl (C=O) groups is 2. The van der Waals surface area contributed by atoms with Gasteiger partial charge in [0.05, 0.1) is 18.3 Å². The lowest BCUT2D eigenvalue weighted by molar-refractivity contribution is 0.0167. The van der Waals surface area contributed by atoms with Crippen LogP contribution in [0.3, 0.4) is 0 Å². The van der Waals surface area contributed by atoms with E-state index in [1.54, 1.807) is 46.1 Å². The minimum absolute atomic E-state index is 0.204. The van der Waals surface area contributed by atoms with Crippen molar-refractivity contribution < 1.29 is 19.1 Å². The van der Waals surface area contributed by atoms with Crippen LogP contribution in [0.4, 0.5) is 10.5 Å². The summed E-state index contributed by atoms with van der Waals surface area (Å²) in [4.78, 5) is 34.8. The lowest BCUT2D eigenvalue weighted by atomic mass is 10.1. The van der Waals surface area contributed by atoms with Crippen LogP contribution in [0.2, 0.25) is 0 Å². The maximum Gasteiger partial charge on any atom is 0.410 e. The number of ether oxygens (including phenoxy) is 2. The quantitative estimate of drug-likeness (QED) is 0.321. The maximum absolute atomic E-state index is 12.7. The van der Waals surface area contributed by atoms with Gasteiger partial charge in [-0.3, -0.25) is 9.48 Å². The highest BCUT2D eigenvalue weighted by molar-refractivity contribution is 6.01. The molecule has 2 aromatic heterocycles. The Hall–Kier alpha value is -4.19. The molecule has 1 saturated heterocycles. The maximum atomic E-state index is 12.7. The molecule has 0 N–H and O–H groups in total. The highest BCUT2D eigenvalue weighted by Crippen LogP contribution is 2.37. The first-order chi connectivity index (χ1) is 17.2. The number of carbonyl (C=O) groups excluding carboxylic acids is 2. The SMILES string of the molecule is [C-]#[N+]c1c(-c2ccc(Oc3ccccn3)cc2)nn([C@@H]2CCCN(C(=O)OC(C)(C)C)C2)c1C(C)=O. The predicted molar refractivity (Wildman–Crippen MR) is 134 cm³/mol. The van der Waals surface area contributed by atoms with Crippen molar-refractivity contribution in [2.45, 2.75) is 52.2 Å². The highest BCUT2D eigenvalue weighted by atomic mass is 16.6. The topological polar surface area (TPSA) is 90.9 Å². The van der Waals surface area contributed by atoms with Gasteiger partial charge in [0.2, 0.25) is 11.6 Å². The molecule has 0 radical (unpaired) electrons. The zero-order valence-corrected chi connectivity index (χ0v) is 20.9. The monoisotopic (exact) mass is 487 g/mol. The molecule has 1 atom stereocenters. The molecule has 9 nitrogen and oxygen atoms in total. The van der Waals surface area contributed by atoms with Crippen LogP contribution >= 0.6 is 0 Å². The number of hydrogen-bond donors (Lipinski definition) is 0. The van der Waals surface area contributed by atoms with E-state index < -0.39 is 11.7 Å². The number of piperidine rings is 1. The summed E-state index contributed by atoms with van der Waals surface area (Å²) >= 11 is 0. The number of benzene rings is 1. The van der Waals surface area contributed by atoms with Crippen molar-refractivity contribution in [2.75, 3.05) is 13.1 Å². The van der Waals surface area contributed by atoms with Crippen molar-refractivity contribution in [2.24, 2.45) is 0 Å². The molecule has 9 heteroatoms. The Morgan fingerprint density at radius 1 is 1.14 bits per heavy atom. The second-order valence-corrected chi connectivity index (χ2v) is 9.68. The lowest BCUT2D eigenvalue weighted by Crippen LogP contribution is -2.43. The number of amides is 1. The largest absolute Gasteiger partial charge is 0.444 e.